The van der Waals surface area contributed by atoms with Crippen LogP contribution in [0.2, 0.25) is 0 Å². The third-order valence-corrected chi connectivity index (χ3v) is 7.37. The molecule has 1 heteroatoms. The molecule has 0 aliphatic rings. The fourth-order valence-electron chi connectivity index (χ4n) is 2.99. The monoisotopic (exact) mass is 366 g/mol. The van der Waals surface area contributed by atoms with Gasteiger partial charge in [-0.05, 0) is 0 Å². The molecule has 1 aromatic heterocycles. The Kier molecular flexibility index (Phi) is 3.04. The van der Waals surface area contributed by atoms with Crippen LogP contribution in [0.25, 0.3) is 17.6 Å². The van der Waals surface area contributed by atoms with Gasteiger partial charge in [-0.15, -0.1) is 0 Å². The second-order valence-electron chi connectivity index (χ2n) is 6.42. The zero-order chi connectivity index (χ0) is 13.8. The molecule has 0 radical (unpaired) electrons. The van der Waals surface area contributed by atoms with Gasteiger partial charge < -0.3 is 0 Å². The molecule has 1 heterocycles. The first-order chi connectivity index (χ1) is 8.89. The molecule has 3 rings (SSSR count). The topological polar surface area (TPSA) is 0 Å². The molecule has 0 N–H and O–H groups in total. The van der Waals surface area contributed by atoms with E-state index in [1.807, 2.05) is 0 Å². The van der Waals surface area contributed by atoms with Crippen molar-refractivity contribution in [2.45, 2.75) is 40.0 Å². The molecule has 2 aromatic carbocycles. The fourth-order valence-corrected chi connectivity index (χ4v) is 7.26. The van der Waals surface area contributed by atoms with Crippen molar-refractivity contribution in [3.05, 3.63) is 47.0 Å². The van der Waals surface area contributed by atoms with Crippen molar-refractivity contribution in [3.8, 4) is 0 Å². The van der Waals surface area contributed by atoms with E-state index >= 15 is 0 Å². The molecule has 19 heavy (non-hydrogen) atoms. The summed E-state index contributed by atoms with van der Waals surface area (Å²) in [5.74, 6) is 0. The molecule has 0 saturated heterocycles. The minimum absolute atomic E-state index is 0.216. The van der Waals surface area contributed by atoms with Crippen LogP contribution in [0.5, 0.6) is 0 Å². The van der Waals surface area contributed by atoms with Gasteiger partial charge >= 0.3 is 125 Å². The van der Waals surface area contributed by atoms with Crippen molar-refractivity contribution < 1.29 is 0 Å². The molecule has 0 nitrogen and oxygen atoms in total. The molecule has 0 bridgehead atoms. The van der Waals surface area contributed by atoms with Crippen LogP contribution in [0.4, 0.5) is 0 Å². The molecule has 0 amide bonds. The third kappa shape index (κ3) is 2.04. The Labute approximate surface area is 125 Å². The van der Waals surface area contributed by atoms with E-state index in [-0.39, 0.29) is 25.8 Å². The van der Waals surface area contributed by atoms with Crippen LogP contribution >= 0.6 is 0 Å². The zero-order valence-corrected chi connectivity index (χ0v) is 14.6. The molecule has 0 aliphatic carbocycles. The van der Waals surface area contributed by atoms with Gasteiger partial charge in [0.25, 0.3) is 0 Å². The van der Waals surface area contributed by atoms with Gasteiger partial charge in [0.1, 0.15) is 0 Å². The van der Waals surface area contributed by atoms with Gasteiger partial charge in [-0.2, -0.15) is 0 Å². The summed E-state index contributed by atoms with van der Waals surface area (Å²) in [6, 6.07) is 11.4. The number of fused-ring (bicyclic) bond motifs is 3. The van der Waals surface area contributed by atoms with Crippen LogP contribution in [0, 0.1) is 13.8 Å². The van der Waals surface area contributed by atoms with E-state index in [1.54, 1.807) is 12.4 Å². The quantitative estimate of drug-likeness (QED) is 0.495. The van der Waals surface area contributed by atoms with Crippen molar-refractivity contribution in [1.82, 2.24) is 0 Å². The van der Waals surface area contributed by atoms with E-state index < -0.39 is 0 Å². The van der Waals surface area contributed by atoms with E-state index in [4.69, 9.17) is 0 Å². The van der Waals surface area contributed by atoms with Crippen LogP contribution in [-0.4, -0.2) is 20.4 Å². The van der Waals surface area contributed by atoms with Crippen LogP contribution < -0.4 is 0 Å². The molecule has 3 aromatic rings. The molecule has 0 saturated carbocycles. The minimum atomic E-state index is -0.216. The summed E-state index contributed by atoms with van der Waals surface area (Å²) in [4.78, 5) is 0. The summed E-state index contributed by atoms with van der Waals surface area (Å²) in [6.07, 6.45) is 0. The molecule has 0 atom stereocenters. The number of aryl methyl sites for hydroxylation is 1. The average molecular weight is 364 g/mol. The third-order valence-electron chi connectivity index (χ3n) is 3.94. The molecule has 0 spiro atoms. The van der Waals surface area contributed by atoms with Gasteiger partial charge in [-0.3, -0.25) is 0 Å². The number of rotatable bonds is 0. The summed E-state index contributed by atoms with van der Waals surface area (Å²) in [7, 11) is 0. The van der Waals surface area contributed by atoms with Crippen LogP contribution in [0.15, 0.2) is 30.3 Å². The Hall–Kier alpha value is -0.770. The predicted octanol–water partition coefficient (Wildman–Crippen LogP) is 4.96. The number of hydrogen-bond donors (Lipinski definition) is 0. The average Bonchev–Trinajstić information content (AvgIpc) is 2.66. The summed E-state index contributed by atoms with van der Waals surface area (Å²) in [5.41, 5.74) is 4.80. The van der Waals surface area contributed by atoms with E-state index in [1.165, 1.54) is 21.9 Å². The molecule has 98 valence electrons. The fraction of sp³-hybridized carbons (Fsp3) is 0.333. The van der Waals surface area contributed by atoms with E-state index in [0.717, 1.165) is 0 Å². The Morgan fingerprint density at radius 1 is 0.947 bits per heavy atom. The van der Waals surface area contributed by atoms with E-state index in [0.29, 0.717) is 0 Å². The van der Waals surface area contributed by atoms with Gasteiger partial charge in [0.15, 0.2) is 0 Å². The summed E-state index contributed by atoms with van der Waals surface area (Å²) in [6.45, 7) is 11.6. The Bertz CT molecular complexity index is 770. The van der Waals surface area contributed by atoms with Gasteiger partial charge in [0.05, 0.1) is 0 Å². The van der Waals surface area contributed by atoms with Crippen molar-refractivity contribution in [2.75, 3.05) is 0 Å². The van der Waals surface area contributed by atoms with Crippen molar-refractivity contribution in [2.24, 2.45) is 0 Å². The van der Waals surface area contributed by atoms with Gasteiger partial charge in [0, 0.05) is 0 Å². The maximum atomic E-state index is 2.41. The normalized spacial score (nSPS) is 12.5. The molecule has 0 unspecified atom stereocenters. The Morgan fingerprint density at radius 3 is 2.32 bits per heavy atom. The van der Waals surface area contributed by atoms with E-state index in [9.17, 15) is 0 Å². The summed E-state index contributed by atoms with van der Waals surface area (Å²) < 4.78 is 3.29. The van der Waals surface area contributed by atoms with Crippen molar-refractivity contribution in [1.29, 1.82) is 0 Å². The summed E-state index contributed by atoms with van der Waals surface area (Å²) in [5, 5.41) is 3.01. The molecular formula is C18H20Te. The van der Waals surface area contributed by atoms with E-state index in [2.05, 4.69) is 65.0 Å². The van der Waals surface area contributed by atoms with Crippen molar-refractivity contribution in [3.63, 3.8) is 0 Å². The second-order valence-corrected chi connectivity index (χ2v) is 9.42. The predicted molar refractivity (Wildman–Crippen MR) is 86.6 cm³/mol. The maximum absolute atomic E-state index is 2.41. The SMILES string of the molecule is Cc1cc2c([te]c3ccccc32)c(C(C)(C)C)c1C. The Balaban J connectivity index is 2.56. The zero-order valence-electron chi connectivity index (χ0n) is 12.3. The molecule has 0 fully saturated rings. The van der Waals surface area contributed by atoms with Crippen LogP contribution in [0.3, 0.4) is 0 Å². The first kappa shape index (κ1) is 13.2. The first-order valence-corrected chi connectivity index (χ1v) is 9.14. The molecule has 0 aliphatic heterocycles. The van der Waals surface area contributed by atoms with Crippen molar-refractivity contribution >= 4 is 38.0 Å². The second kappa shape index (κ2) is 4.37. The van der Waals surface area contributed by atoms with Gasteiger partial charge in [-0.1, -0.05) is 0 Å². The standard InChI is InChI=1S/C18H20Te/c1-11-10-14-13-8-6-7-9-15(13)19-17(14)16(12(11)2)18(3,4)5/h6-10H,1-5H3. The first-order valence-electron chi connectivity index (χ1n) is 6.81. The van der Waals surface area contributed by atoms with Crippen LogP contribution in [0.1, 0.15) is 37.5 Å². The number of benzene rings is 2. The van der Waals surface area contributed by atoms with Crippen LogP contribution in [-0.2, 0) is 5.41 Å². The van der Waals surface area contributed by atoms with Gasteiger partial charge in [-0.25, -0.2) is 0 Å². The number of hydrogen-bond acceptors (Lipinski definition) is 0. The Morgan fingerprint density at radius 2 is 1.63 bits per heavy atom. The molecular weight excluding hydrogens is 344 g/mol. The summed E-state index contributed by atoms with van der Waals surface area (Å²) >= 11 is -0.216. The van der Waals surface area contributed by atoms with Gasteiger partial charge in [0.2, 0.25) is 0 Å².